The van der Waals surface area contributed by atoms with Gasteiger partial charge in [-0.2, -0.15) is 0 Å². The first-order chi connectivity index (χ1) is 34.0. The zero-order chi connectivity index (χ0) is 50.2. The van der Waals surface area contributed by atoms with Crippen LogP contribution in [0.2, 0.25) is 0 Å². The number of hydrogen-bond donors (Lipinski definition) is 3. The monoisotopic (exact) mass is 970 g/mol. The van der Waals surface area contributed by atoms with E-state index in [0.29, 0.717) is 19.3 Å². The molecule has 0 aromatic heterocycles. The molecule has 1 amide bonds. The maximum Gasteiger partial charge on any atom is 0.306 e. The highest BCUT2D eigenvalue weighted by Crippen LogP contribution is 2.19. The van der Waals surface area contributed by atoms with Crippen LogP contribution in [0.25, 0.3) is 0 Å². The van der Waals surface area contributed by atoms with Crippen molar-refractivity contribution in [3.8, 4) is 0 Å². The van der Waals surface area contributed by atoms with Gasteiger partial charge < -0.3 is 20.3 Å². The smallest absolute Gasteiger partial charge is 0.306 e. The van der Waals surface area contributed by atoms with Gasteiger partial charge in [0.1, 0.15) is 6.10 Å². The Morgan fingerprint density at radius 1 is 0.420 bits per heavy atom. The molecule has 6 nitrogen and oxygen atoms in total. The lowest BCUT2D eigenvalue weighted by atomic mass is 10.0. The Hall–Kier alpha value is -1.92. The number of aliphatic hydroxyl groups excluding tert-OH is 2. The number of carbonyl (C=O) groups is 2. The number of nitrogens with one attached hydrogen (secondary N) is 1. The molecule has 0 saturated heterocycles. The maximum absolute atomic E-state index is 13.3. The van der Waals surface area contributed by atoms with Gasteiger partial charge in [-0.3, -0.25) is 9.59 Å². The van der Waals surface area contributed by atoms with E-state index >= 15 is 0 Å². The Morgan fingerprint density at radius 3 is 1.14 bits per heavy atom. The van der Waals surface area contributed by atoms with E-state index < -0.39 is 18.2 Å². The van der Waals surface area contributed by atoms with Crippen LogP contribution in [0.5, 0.6) is 0 Å². The molecule has 0 radical (unpaired) electrons. The van der Waals surface area contributed by atoms with E-state index in [1.54, 1.807) is 0 Å². The minimum atomic E-state index is -0.791. The molecule has 406 valence electrons. The largest absolute Gasteiger partial charge is 0.462 e. The van der Waals surface area contributed by atoms with E-state index in [2.05, 4.69) is 62.5 Å². The fourth-order valence-corrected chi connectivity index (χ4v) is 9.52. The molecule has 6 heteroatoms. The predicted octanol–water partition coefficient (Wildman–Crippen LogP) is 19.2. The second-order valence-electron chi connectivity index (χ2n) is 21.1. The number of rotatable bonds is 56. The molecule has 0 aromatic rings. The number of carbonyl (C=O) groups excluding carboxylic acids is 2. The van der Waals surface area contributed by atoms with Gasteiger partial charge in [0.15, 0.2) is 0 Å². The molecule has 3 atom stereocenters. The zero-order valence-corrected chi connectivity index (χ0v) is 46.5. The van der Waals surface area contributed by atoms with Crippen molar-refractivity contribution in [2.45, 2.75) is 347 Å². The summed E-state index contributed by atoms with van der Waals surface area (Å²) in [5.74, 6) is -0.475. The number of ether oxygens (including phenoxy) is 1. The molecule has 0 aliphatic heterocycles. The quantitative estimate of drug-likeness (QED) is 0.0321. The lowest BCUT2D eigenvalue weighted by Crippen LogP contribution is -2.46. The molecule has 0 aliphatic rings. The van der Waals surface area contributed by atoms with Gasteiger partial charge in [-0.15, -0.1) is 0 Å². The van der Waals surface area contributed by atoms with Gasteiger partial charge in [-0.1, -0.05) is 269 Å². The summed E-state index contributed by atoms with van der Waals surface area (Å²) in [6, 6.07) is -0.705. The second kappa shape index (κ2) is 57.0. The minimum Gasteiger partial charge on any atom is -0.462 e. The van der Waals surface area contributed by atoms with Crippen molar-refractivity contribution in [1.29, 1.82) is 0 Å². The van der Waals surface area contributed by atoms with E-state index in [1.165, 1.54) is 212 Å². The van der Waals surface area contributed by atoms with Crippen molar-refractivity contribution in [3.05, 3.63) is 36.5 Å². The molecule has 0 spiro atoms. The van der Waals surface area contributed by atoms with Crippen LogP contribution >= 0.6 is 0 Å². The summed E-state index contributed by atoms with van der Waals surface area (Å²) in [6.45, 7) is 6.50. The average Bonchev–Trinajstić information content (AvgIpc) is 3.34. The van der Waals surface area contributed by atoms with Crippen molar-refractivity contribution in [2.75, 3.05) is 6.61 Å². The summed E-state index contributed by atoms with van der Waals surface area (Å²) in [7, 11) is 0. The van der Waals surface area contributed by atoms with Crippen LogP contribution in [-0.2, 0) is 14.3 Å². The van der Waals surface area contributed by atoms with Crippen molar-refractivity contribution < 1.29 is 24.5 Å². The van der Waals surface area contributed by atoms with E-state index in [0.717, 1.165) is 70.6 Å². The highest BCUT2D eigenvalue weighted by molar-refractivity contribution is 5.77. The maximum atomic E-state index is 13.3. The number of allylic oxidation sites excluding steroid dienone is 6. The Morgan fingerprint density at radius 2 is 0.739 bits per heavy atom. The number of aliphatic hydroxyl groups is 2. The van der Waals surface area contributed by atoms with Crippen LogP contribution in [0.1, 0.15) is 329 Å². The van der Waals surface area contributed by atoms with Crippen LogP contribution in [0.4, 0.5) is 0 Å². The van der Waals surface area contributed by atoms with E-state index in [-0.39, 0.29) is 24.9 Å². The van der Waals surface area contributed by atoms with Crippen molar-refractivity contribution >= 4 is 11.9 Å². The highest BCUT2D eigenvalue weighted by atomic mass is 16.5. The first-order valence-corrected chi connectivity index (χ1v) is 30.7. The van der Waals surface area contributed by atoms with Crippen LogP contribution in [0.3, 0.4) is 0 Å². The third-order valence-corrected chi connectivity index (χ3v) is 14.2. The van der Waals surface area contributed by atoms with Gasteiger partial charge in [0.05, 0.1) is 25.2 Å². The molecule has 0 aromatic carbocycles. The summed E-state index contributed by atoms with van der Waals surface area (Å²) in [4.78, 5) is 26.3. The van der Waals surface area contributed by atoms with Crippen LogP contribution in [0, 0.1) is 0 Å². The molecule has 69 heavy (non-hydrogen) atoms. The van der Waals surface area contributed by atoms with Crippen LogP contribution < -0.4 is 5.32 Å². The third kappa shape index (κ3) is 52.2. The first kappa shape index (κ1) is 67.1. The topological polar surface area (TPSA) is 95.9 Å². The molecule has 0 bridgehead atoms. The molecule has 0 saturated carbocycles. The van der Waals surface area contributed by atoms with Crippen molar-refractivity contribution in [2.24, 2.45) is 0 Å². The molecule has 0 heterocycles. The summed E-state index contributed by atoms with van der Waals surface area (Å²) in [5, 5.41) is 24.0. The minimum absolute atomic E-state index is 0.0722. The van der Waals surface area contributed by atoms with Crippen LogP contribution in [0.15, 0.2) is 36.5 Å². The first-order valence-electron chi connectivity index (χ1n) is 30.7. The van der Waals surface area contributed by atoms with Crippen molar-refractivity contribution in [3.63, 3.8) is 0 Å². The van der Waals surface area contributed by atoms with Crippen molar-refractivity contribution in [1.82, 2.24) is 5.32 Å². The SMILES string of the molecule is CCCCC/C=C\C/C=C\CCCCCCCCCC(CC(=O)NC(CO)C(O)CCCCCCCCCCCCCCCCCCC)OC(=O)CCCCCCC/C=C/CCCCCCCCC. The molecule has 0 rings (SSSR count). The summed E-state index contributed by atoms with van der Waals surface area (Å²) in [5.41, 5.74) is 0. The molecule has 0 fully saturated rings. The van der Waals surface area contributed by atoms with E-state index in [9.17, 15) is 19.8 Å². The van der Waals surface area contributed by atoms with Gasteiger partial charge in [0, 0.05) is 6.42 Å². The van der Waals surface area contributed by atoms with Gasteiger partial charge in [0.25, 0.3) is 0 Å². The second-order valence-corrected chi connectivity index (χ2v) is 21.1. The summed E-state index contributed by atoms with van der Waals surface area (Å²) < 4.78 is 5.97. The predicted molar refractivity (Wildman–Crippen MR) is 301 cm³/mol. The van der Waals surface area contributed by atoms with Gasteiger partial charge in [-0.05, 0) is 83.5 Å². The Labute approximate surface area is 430 Å². The fourth-order valence-electron chi connectivity index (χ4n) is 9.52. The Kier molecular flexibility index (Phi) is 55.4. The third-order valence-electron chi connectivity index (χ3n) is 14.2. The fraction of sp³-hybridized carbons (Fsp3) is 0.873. The summed E-state index contributed by atoms with van der Waals surface area (Å²) >= 11 is 0. The van der Waals surface area contributed by atoms with Gasteiger partial charge in [0.2, 0.25) is 5.91 Å². The Bertz CT molecular complexity index is 1130. The van der Waals surface area contributed by atoms with Gasteiger partial charge in [-0.25, -0.2) is 0 Å². The summed E-state index contributed by atoms with van der Waals surface area (Å²) in [6.07, 6.45) is 69.2. The number of hydrogen-bond acceptors (Lipinski definition) is 5. The molecule has 3 N–H and O–H groups in total. The molecular formula is C63H119NO5. The van der Waals surface area contributed by atoms with E-state index in [4.69, 9.17) is 4.74 Å². The number of amides is 1. The number of unbranched alkanes of at least 4 members (excludes halogenated alkanes) is 38. The lowest BCUT2D eigenvalue weighted by Gasteiger charge is -2.24. The van der Waals surface area contributed by atoms with E-state index in [1.807, 2.05) is 0 Å². The lowest BCUT2D eigenvalue weighted by molar-refractivity contribution is -0.151. The normalized spacial score (nSPS) is 13.3. The molecule has 0 aliphatic carbocycles. The standard InChI is InChI=1S/C63H119NO5/c1-4-7-10-13-16-19-22-25-28-31-33-36-39-42-45-48-51-54-59(69-63(68)56-53-50-47-44-41-38-35-30-27-24-21-18-15-12-9-6-3)57-62(67)64-60(58-65)61(66)55-52-49-46-43-40-37-34-32-29-26-23-20-17-14-11-8-5-2/h16,19,25,28,30,35,59-61,65-66H,4-15,17-18,20-24,26-27,29,31-34,36-58H2,1-3H3,(H,64,67)/b19-16-,28-25-,35-30+. The molecule has 3 unspecified atom stereocenters. The molecular weight excluding hydrogens is 851 g/mol. The Balaban J connectivity index is 4.54. The highest BCUT2D eigenvalue weighted by Gasteiger charge is 2.24. The zero-order valence-electron chi connectivity index (χ0n) is 46.5. The average molecular weight is 971 g/mol. The van der Waals surface area contributed by atoms with Gasteiger partial charge >= 0.3 is 5.97 Å². The van der Waals surface area contributed by atoms with Crippen LogP contribution in [-0.4, -0.2) is 46.9 Å². The number of esters is 1.